The van der Waals surface area contributed by atoms with E-state index in [0.717, 1.165) is 0 Å². The van der Waals surface area contributed by atoms with Crippen molar-refractivity contribution in [3.8, 4) is 0 Å². The van der Waals surface area contributed by atoms with Crippen molar-refractivity contribution in [2.24, 2.45) is 0 Å². The molecule has 0 saturated heterocycles. The number of hydrogen-bond acceptors (Lipinski definition) is 10. The molecule has 0 aliphatic carbocycles. The van der Waals surface area contributed by atoms with Gasteiger partial charge in [-0.1, -0.05) is 0 Å². The maximum absolute atomic E-state index is 8.88. The molecule has 0 aliphatic heterocycles. The van der Waals surface area contributed by atoms with Crippen LogP contribution >= 0.6 is 7.82 Å². The van der Waals surface area contributed by atoms with Crippen molar-refractivity contribution in [2.45, 2.75) is 0 Å². The van der Waals surface area contributed by atoms with Gasteiger partial charge in [0, 0.05) is 0 Å². The van der Waals surface area contributed by atoms with E-state index >= 15 is 0 Å². The molecule has 0 saturated carbocycles. The van der Waals surface area contributed by atoms with Gasteiger partial charge in [0.1, 0.15) is 0 Å². The number of nitrogens with zero attached hydrogens (tertiary/aromatic N) is 3. The fourth-order valence-corrected chi connectivity index (χ4v) is 0.427. The van der Waals surface area contributed by atoms with E-state index in [0.29, 0.717) is 0 Å². The zero-order valence-corrected chi connectivity index (χ0v) is 11.2. The van der Waals surface area contributed by atoms with Crippen LogP contribution in [0.1, 0.15) is 0 Å². The first kappa shape index (κ1) is 30.3. The molecule has 1 heterocycles. The average Bonchev–Trinajstić information content (AvgIpc) is 2.01. The molecule has 0 fully saturated rings. The Bertz CT molecular complexity index is 313. The Balaban J connectivity index is -0.0000000581. The first-order valence-corrected chi connectivity index (χ1v) is 5.06. The standard InChI is InChI=1S/C3H6N6.C2H4.3H3N.H3O4P/c4-1-7-2(5)9-3(6)8-1;1-2;;;;1-5(2,3)4/h(H6,4,5,6,7,8,9);1-2H2;3*1H3;(H3,1,2,3,4). The molecule has 19 heavy (non-hydrogen) atoms. The first-order valence-electron chi connectivity index (χ1n) is 3.49. The average molecular weight is 303 g/mol. The van der Waals surface area contributed by atoms with E-state index < -0.39 is 7.82 Å². The third-order valence-electron chi connectivity index (χ3n) is 0.687. The Morgan fingerprint density at radius 3 is 1.00 bits per heavy atom. The smallest absolute Gasteiger partial charge is 0.368 e. The van der Waals surface area contributed by atoms with Crippen LogP contribution in [0, 0.1) is 0 Å². The summed E-state index contributed by atoms with van der Waals surface area (Å²) in [4.78, 5) is 32.0. The SMILES string of the molecule is C=C.N.N.N.Nc1nc(N)nc(N)n1.O=P(O)(O)O. The molecule has 1 rings (SSSR count). The summed E-state index contributed by atoms with van der Waals surface area (Å²) in [5.74, 6) is 0.125. The molecular weight excluding hydrogens is 281 g/mol. The lowest BCUT2D eigenvalue weighted by atomic mass is 10.9. The van der Waals surface area contributed by atoms with E-state index in [1.54, 1.807) is 0 Å². The third-order valence-corrected chi connectivity index (χ3v) is 0.687. The molecule has 0 aromatic carbocycles. The van der Waals surface area contributed by atoms with E-state index in [-0.39, 0.29) is 36.3 Å². The van der Waals surface area contributed by atoms with Crippen molar-refractivity contribution in [1.82, 2.24) is 33.4 Å². The van der Waals surface area contributed by atoms with Crippen molar-refractivity contribution in [2.75, 3.05) is 17.2 Å². The fraction of sp³-hybridized carbons (Fsp3) is 0. The normalized spacial score (nSPS) is 7.74. The minimum atomic E-state index is -4.64. The van der Waals surface area contributed by atoms with Crippen LogP contribution in [0.4, 0.5) is 17.8 Å². The van der Waals surface area contributed by atoms with E-state index in [1.807, 2.05) is 0 Å². The molecule has 1 aromatic rings. The van der Waals surface area contributed by atoms with Gasteiger partial charge in [-0.05, 0) is 0 Å². The van der Waals surface area contributed by atoms with Crippen molar-refractivity contribution in [1.29, 1.82) is 0 Å². The number of nitrogens with two attached hydrogens (primary N) is 3. The Labute approximate surface area is 110 Å². The zero-order chi connectivity index (χ0) is 13.4. The highest BCUT2D eigenvalue weighted by Crippen LogP contribution is 2.25. The molecule has 0 aliphatic rings. The molecule has 0 radical (unpaired) electrons. The molecule has 14 heteroatoms. The number of nitrogen functional groups attached to an aromatic ring is 3. The second-order valence-corrected chi connectivity index (χ2v) is 2.95. The minimum absolute atomic E-state index is 0. The van der Waals surface area contributed by atoms with Gasteiger partial charge in [0.15, 0.2) is 0 Å². The Kier molecular flexibility index (Phi) is 22.6. The van der Waals surface area contributed by atoms with Crippen LogP contribution in [-0.2, 0) is 4.57 Å². The second kappa shape index (κ2) is 14.2. The maximum atomic E-state index is 8.88. The lowest BCUT2D eigenvalue weighted by Crippen LogP contribution is -2.05. The van der Waals surface area contributed by atoms with Gasteiger partial charge in [0.2, 0.25) is 17.8 Å². The molecule has 13 nitrogen and oxygen atoms in total. The molecule has 116 valence electrons. The molecule has 1 aromatic heterocycles. The number of phosphoric acid groups is 1. The molecule has 0 unspecified atom stereocenters. The van der Waals surface area contributed by atoms with Gasteiger partial charge in [-0.2, -0.15) is 15.0 Å². The van der Waals surface area contributed by atoms with Crippen molar-refractivity contribution >= 4 is 25.7 Å². The van der Waals surface area contributed by atoms with E-state index in [4.69, 9.17) is 36.4 Å². The zero-order valence-electron chi connectivity index (χ0n) is 10.3. The summed E-state index contributed by atoms with van der Waals surface area (Å²) in [7, 11) is -4.64. The number of rotatable bonds is 0. The summed E-state index contributed by atoms with van der Waals surface area (Å²) in [6, 6.07) is 0. The van der Waals surface area contributed by atoms with E-state index in [1.165, 1.54) is 0 Å². The topological polar surface area (TPSA) is 299 Å². The highest BCUT2D eigenvalue weighted by Gasteiger charge is 2.00. The quantitative estimate of drug-likeness (QED) is 0.205. The van der Waals surface area contributed by atoms with Gasteiger partial charge in [0.05, 0.1) is 0 Å². The van der Waals surface area contributed by atoms with Gasteiger partial charge >= 0.3 is 7.82 Å². The lowest BCUT2D eigenvalue weighted by Gasteiger charge is -1.93. The predicted molar refractivity (Wildman–Crippen MR) is 73.6 cm³/mol. The molecule has 18 N–H and O–H groups in total. The van der Waals surface area contributed by atoms with Crippen LogP contribution in [0.25, 0.3) is 0 Å². The maximum Gasteiger partial charge on any atom is 0.466 e. The van der Waals surface area contributed by atoms with Crippen molar-refractivity contribution in [3.05, 3.63) is 13.2 Å². The van der Waals surface area contributed by atoms with Crippen molar-refractivity contribution < 1.29 is 19.2 Å². The van der Waals surface area contributed by atoms with E-state index in [2.05, 4.69) is 28.1 Å². The first-order chi connectivity index (χ1) is 7.18. The van der Waals surface area contributed by atoms with Crippen molar-refractivity contribution in [3.63, 3.8) is 0 Å². The van der Waals surface area contributed by atoms with Gasteiger partial charge in [0.25, 0.3) is 0 Å². The Hall–Kier alpha value is -1.86. The highest BCUT2D eigenvalue weighted by molar-refractivity contribution is 7.45. The van der Waals surface area contributed by atoms with E-state index in [9.17, 15) is 0 Å². The Morgan fingerprint density at radius 1 is 0.789 bits per heavy atom. The molecule has 0 spiro atoms. The summed E-state index contributed by atoms with van der Waals surface area (Å²) in [5.41, 5.74) is 15.4. The second-order valence-electron chi connectivity index (χ2n) is 1.92. The van der Waals surface area contributed by atoms with Crippen LogP contribution in [0.3, 0.4) is 0 Å². The summed E-state index contributed by atoms with van der Waals surface area (Å²) in [6.07, 6.45) is 0. The summed E-state index contributed by atoms with van der Waals surface area (Å²) < 4.78 is 8.88. The summed E-state index contributed by atoms with van der Waals surface area (Å²) in [5, 5.41) is 0. The summed E-state index contributed by atoms with van der Waals surface area (Å²) >= 11 is 0. The van der Waals surface area contributed by atoms with Gasteiger partial charge in [-0.25, -0.2) is 4.57 Å². The molecule has 0 atom stereocenters. The number of anilines is 3. The van der Waals surface area contributed by atoms with Crippen LogP contribution in [0.5, 0.6) is 0 Å². The van der Waals surface area contributed by atoms with Crippen LogP contribution in [-0.4, -0.2) is 29.6 Å². The Morgan fingerprint density at radius 2 is 0.895 bits per heavy atom. The van der Waals surface area contributed by atoms with Gasteiger partial charge in [-0.3, -0.25) is 0 Å². The minimum Gasteiger partial charge on any atom is -0.368 e. The van der Waals surface area contributed by atoms with Crippen LogP contribution in [0.2, 0.25) is 0 Å². The largest absolute Gasteiger partial charge is 0.466 e. The molecular formula is C5H22N9O4P. The highest BCUT2D eigenvalue weighted by atomic mass is 31.2. The lowest BCUT2D eigenvalue weighted by molar-refractivity contribution is 0.275. The third kappa shape index (κ3) is 31.4. The van der Waals surface area contributed by atoms with Crippen LogP contribution in [0.15, 0.2) is 13.2 Å². The van der Waals surface area contributed by atoms with Gasteiger partial charge < -0.3 is 50.3 Å². The summed E-state index contributed by atoms with van der Waals surface area (Å²) in [6.45, 7) is 6.00. The monoisotopic (exact) mass is 303 g/mol. The van der Waals surface area contributed by atoms with Crippen LogP contribution < -0.4 is 35.7 Å². The number of aromatic nitrogens is 3. The van der Waals surface area contributed by atoms with Gasteiger partial charge in [-0.15, -0.1) is 13.2 Å². The molecule has 0 amide bonds. The fourth-order valence-electron chi connectivity index (χ4n) is 0.427. The molecule has 0 bridgehead atoms. The number of hydrogen-bond donors (Lipinski definition) is 9. The predicted octanol–water partition coefficient (Wildman–Crippen LogP) is -1.02.